The van der Waals surface area contributed by atoms with Gasteiger partial charge in [0.1, 0.15) is 18.3 Å². The summed E-state index contributed by atoms with van der Waals surface area (Å²) >= 11 is 3.48. The molecule has 7 heteroatoms. The fraction of sp³-hybridized carbons (Fsp3) is 0.318. The van der Waals surface area contributed by atoms with E-state index in [1.807, 2.05) is 62.4 Å². The zero-order valence-corrected chi connectivity index (χ0v) is 18.1. The molecule has 1 aliphatic heterocycles. The Morgan fingerprint density at radius 2 is 1.93 bits per heavy atom. The first-order valence-electron chi connectivity index (χ1n) is 9.33. The molecule has 29 heavy (non-hydrogen) atoms. The second-order valence-corrected chi connectivity index (χ2v) is 7.99. The van der Waals surface area contributed by atoms with Gasteiger partial charge in [-0.1, -0.05) is 60.1 Å². The van der Waals surface area contributed by atoms with Crippen molar-refractivity contribution in [3.05, 3.63) is 64.1 Å². The number of rotatable bonds is 6. The zero-order valence-electron chi connectivity index (χ0n) is 16.5. The third-order valence-corrected chi connectivity index (χ3v) is 5.25. The molecule has 2 atom stereocenters. The predicted octanol–water partition coefficient (Wildman–Crippen LogP) is 4.68. The fourth-order valence-electron chi connectivity index (χ4n) is 3.36. The minimum Gasteiger partial charge on any atom is -0.489 e. The number of amides is 2. The number of benzene rings is 2. The molecule has 1 heterocycles. The number of urea groups is 1. The van der Waals surface area contributed by atoms with Gasteiger partial charge < -0.3 is 14.8 Å². The minimum absolute atomic E-state index is 0.0894. The van der Waals surface area contributed by atoms with E-state index in [1.54, 1.807) is 0 Å². The number of carbonyl (C=O) groups excluding carboxylic acids is 2. The van der Waals surface area contributed by atoms with E-state index in [0.717, 1.165) is 10.0 Å². The monoisotopic (exact) mass is 458 g/mol. The van der Waals surface area contributed by atoms with Crippen molar-refractivity contribution in [3.63, 3.8) is 0 Å². The van der Waals surface area contributed by atoms with E-state index >= 15 is 0 Å². The average Bonchev–Trinajstić information content (AvgIpc) is 2.72. The van der Waals surface area contributed by atoms with E-state index < -0.39 is 24.0 Å². The third-order valence-electron chi connectivity index (χ3n) is 4.75. The molecule has 2 amide bonds. The molecule has 0 aromatic heterocycles. The van der Waals surface area contributed by atoms with Crippen LogP contribution in [0.5, 0.6) is 5.75 Å². The molecule has 1 aliphatic rings. The van der Waals surface area contributed by atoms with Crippen LogP contribution in [0.4, 0.5) is 4.79 Å². The molecule has 152 valence electrons. The average molecular weight is 459 g/mol. The summed E-state index contributed by atoms with van der Waals surface area (Å²) in [4.78, 5) is 29.0. The van der Waals surface area contributed by atoms with Crippen LogP contribution in [-0.4, -0.2) is 24.8 Å². The topological polar surface area (TPSA) is 77.0 Å². The van der Waals surface area contributed by atoms with Crippen LogP contribution in [0.15, 0.2) is 58.0 Å². The molecular formula is C22H23BrN2O4. The van der Waals surface area contributed by atoms with E-state index in [0.29, 0.717) is 23.6 Å². The first-order chi connectivity index (χ1) is 13.9. The van der Waals surface area contributed by atoms with Crippen LogP contribution in [0.25, 0.3) is 0 Å². The molecule has 0 spiro atoms. The number of aliphatic imine (C=N–C) groups is 1. The Balaban J connectivity index is 2.00. The summed E-state index contributed by atoms with van der Waals surface area (Å²) < 4.78 is 11.9. The molecule has 0 bridgehead atoms. The third kappa shape index (κ3) is 4.85. The van der Waals surface area contributed by atoms with Gasteiger partial charge >= 0.3 is 12.0 Å². The normalized spacial score (nSPS) is 18.8. The Morgan fingerprint density at radius 3 is 2.59 bits per heavy atom. The SMILES string of the molecule is COC(=O)C1C(C(C)C)=NC(=O)NC1c1cc(Br)ccc1OCc1ccccc1. The van der Waals surface area contributed by atoms with Crippen molar-refractivity contribution in [1.29, 1.82) is 0 Å². The number of carbonyl (C=O) groups is 2. The number of hydrogen-bond acceptors (Lipinski definition) is 4. The number of nitrogens with one attached hydrogen (secondary N) is 1. The molecule has 1 N–H and O–H groups in total. The van der Waals surface area contributed by atoms with Crippen molar-refractivity contribution < 1.29 is 19.1 Å². The second kappa shape index (κ2) is 9.22. The summed E-state index contributed by atoms with van der Waals surface area (Å²) in [6.45, 7) is 4.17. The highest BCUT2D eigenvalue weighted by Crippen LogP contribution is 2.37. The summed E-state index contributed by atoms with van der Waals surface area (Å²) in [5.41, 5.74) is 2.20. The van der Waals surface area contributed by atoms with Gasteiger partial charge in [0.05, 0.1) is 13.2 Å². The molecule has 0 saturated carbocycles. The quantitative estimate of drug-likeness (QED) is 0.637. The van der Waals surface area contributed by atoms with Gasteiger partial charge in [-0.15, -0.1) is 0 Å². The number of methoxy groups -OCH3 is 1. The standard InChI is InChI=1S/C22H23BrN2O4/c1-13(2)19-18(21(26)28-3)20(25-22(27)24-19)16-11-15(23)9-10-17(16)29-12-14-7-5-4-6-8-14/h4-11,13,18,20H,12H2,1-3H3,(H,25,27). The van der Waals surface area contributed by atoms with Crippen molar-refractivity contribution in [1.82, 2.24) is 5.32 Å². The number of halogens is 1. The van der Waals surface area contributed by atoms with Gasteiger partial charge in [-0.2, -0.15) is 0 Å². The summed E-state index contributed by atoms with van der Waals surface area (Å²) in [5, 5.41) is 2.82. The Kier molecular flexibility index (Phi) is 6.69. The van der Waals surface area contributed by atoms with Crippen molar-refractivity contribution in [2.75, 3.05) is 7.11 Å². The van der Waals surface area contributed by atoms with E-state index in [-0.39, 0.29) is 5.92 Å². The van der Waals surface area contributed by atoms with Gasteiger partial charge in [0.25, 0.3) is 0 Å². The summed E-state index contributed by atoms with van der Waals surface area (Å²) in [6, 6.07) is 14.2. The lowest BCUT2D eigenvalue weighted by molar-refractivity contribution is -0.144. The Hall–Kier alpha value is -2.67. The highest BCUT2D eigenvalue weighted by molar-refractivity contribution is 9.10. The van der Waals surface area contributed by atoms with Crippen molar-refractivity contribution in [3.8, 4) is 5.75 Å². The van der Waals surface area contributed by atoms with Crippen molar-refractivity contribution in [2.45, 2.75) is 26.5 Å². The van der Waals surface area contributed by atoms with Gasteiger partial charge in [0.15, 0.2) is 0 Å². The number of nitrogens with zero attached hydrogens (tertiary/aromatic N) is 1. The lowest BCUT2D eigenvalue weighted by Gasteiger charge is -2.33. The molecular weight excluding hydrogens is 436 g/mol. The van der Waals surface area contributed by atoms with Crippen molar-refractivity contribution in [2.24, 2.45) is 16.8 Å². The first-order valence-corrected chi connectivity index (χ1v) is 10.1. The molecule has 2 aromatic carbocycles. The van der Waals surface area contributed by atoms with E-state index in [2.05, 4.69) is 26.2 Å². The molecule has 2 unspecified atom stereocenters. The molecule has 6 nitrogen and oxygen atoms in total. The largest absolute Gasteiger partial charge is 0.489 e. The van der Waals surface area contributed by atoms with Gasteiger partial charge in [-0.3, -0.25) is 4.79 Å². The van der Waals surface area contributed by atoms with Gasteiger partial charge in [-0.05, 0) is 29.7 Å². The second-order valence-electron chi connectivity index (χ2n) is 7.08. The molecule has 0 saturated heterocycles. The Bertz CT molecular complexity index is 928. The summed E-state index contributed by atoms with van der Waals surface area (Å²) in [7, 11) is 1.33. The molecule has 2 aromatic rings. The van der Waals surface area contributed by atoms with Crippen LogP contribution in [-0.2, 0) is 16.1 Å². The maximum absolute atomic E-state index is 12.6. The highest BCUT2D eigenvalue weighted by Gasteiger charge is 2.41. The summed E-state index contributed by atoms with van der Waals surface area (Å²) in [6.07, 6.45) is 0. The molecule has 0 fully saturated rings. The molecule has 0 radical (unpaired) electrons. The molecule has 0 aliphatic carbocycles. The Labute approximate surface area is 178 Å². The number of ether oxygens (including phenoxy) is 2. The lowest BCUT2D eigenvalue weighted by Crippen LogP contribution is -2.46. The van der Waals surface area contributed by atoms with Crippen molar-refractivity contribution >= 4 is 33.6 Å². The fourth-order valence-corrected chi connectivity index (χ4v) is 3.74. The van der Waals surface area contributed by atoms with Crippen LogP contribution < -0.4 is 10.1 Å². The number of hydrogen-bond donors (Lipinski definition) is 1. The van der Waals surface area contributed by atoms with E-state index in [9.17, 15) is 9.59 Å². The van der Waals surface area contributed by atoms with Gasteiger partial charge in [0.2, 0.25) is 0 Å². The van der Waals surface area contributed by atoms with Crippen LogP contribution in [0.3, 0.4) is 0 Å². The number of esters is 1. The summed E-state index contributed by atoms with van der Waals surface area (Å²) in [5.74, 6) is -0.683. The first kappa shape index (κ1) is 21.0. The van der Waals surface area contributed by atoms with Gasteiger partial charge in [-0.25, -0.2) is 9.79 Å². The highest BCUT2D eigenvalue weighted by atomic mass is 79.9. The van der Waals surface area contributed by atoms with Crippen LogP contribution >= 0.6 is 15.9 Å². The maximum Gasteiger partial charge on any atom is 0.341 e. The van der Waals surface area contributed by atoms with Gasteiger partial charge in [0, 0.05) is 15.7 Å². The minimum atomic E-state index is -0.730. The zero-order chi connectivity index (χ0) is 21.0. The van der Waals surface area contributed by atoms with E-state index in [4.69, 9.17) is 9.47 Å². The molecule has 3 rings (SSSR count). The maximum atomic E-state index is 12.6. The smallest absolute Gasteiger partial charge is 0.341 e. The van der Waals surface area contributed by atoms with Crippen LogP contribution in [0.2, 0.25) is 0 Å². The van der Waals surface area contributed by atoms with Crippen LogP contribution in [0.1, 0.15) is 31.0 Å². The van der Waals surface area contributed by atoms with Crippen LogP contribution in [0, 0.1) is 11.8 Å². The van der Waals surface area contributed by atoms with E-state index in [1.165, 1.54) is 7.11 Å². The Morgan fingerprint density at radius 1 is 1.21 bits per heavy atom. The lowest BCUT2D eigenvalue weighted by atomic mass is 9.83. The predicted molar refractivity (Wildman–Crippen MR) is 114 cm³/mol.